The van der Waals surface area contributed by atoms with E-state index in [9.17, 15) is 9.59 Å². The van der Waals surface area contributed by atoms with E-state index in [-0.39, 0.29) is 17.7 Å². The molecule has 2 aliphatic rings. The Morgan fingerprint density at radius 2 is 1.91 bits per heavy atom. The lowest BCUT2D eigenvalue weighted by Gasteiger charge is -2.31. The van der Waals surface area contributed by atoms with Gasteiger partial charge < -0.3 is 9.64 Å². The van der Waals surface area contributed by atoms with Gasteiger partial charge in [-0.3, -0.25) is 9.59 Å². The van der Waals surface area contributed by atoms with E-state index in [1.165, 1.54) is 5.56 Å². The predicted molar refractivity (Wildman–Crippen MR) is 87.5 cm³/mol. The van der Waals surface area contributed by atoms with Crippen molar-refractivity contribution in [3.63, 3.8) is 0 Å². The quantitative estimate of drug-likeness (QED) is 0.726. The topological polar surface area (TPSA) is 46.6 Å². The lowest BCUT2D eigenvalue weighted by atomic mass is 9.98. The van der Waals surface area contributed by atoms with Crippen molar-refractivity contribution in [2.75, 3.05) is 6.61 Å². The molecule has 1 atom stereocenters. The number of rotatable bonds is 7. The zero-order valence-electron chi connectivity index (χ0n) is 13.4. The minimum absolute atomic E-state index is 0.0617. The molecule has 2 aliphatic heterocycles. The van der Waals surface area contributed by atoms with E-state index in [1.807, 2.05) is 23.1 Å². The fourth-order valence-electron chi connectivity index (χ4n) is 3.36. The van der Waals surface area contributed by atoms with Crippen LogP contribution in [0.5, 0.6) is 0 Å². The van der Waals surface area contributed by atoms with E-state index in [0.29, 0.717) is 26.1 Å². The molecular weight excluding hydrogens is 290 g/mol. The Morgan fingerprint density at radius 3 is 2.74 bits per heavy atom. The standard InChI is InChI=1S/C19H23NO3/c21-18-12-16(20-17(13-18)9-10-19(20)22)8-4-5-11-23-14-15-6-2-1-3-7-15/h1-3,6-7,13,16H,4-5,8-12,14H2/t16-/m1/s1. The minimum atomic E-state index is 0.0617. The summed E-state index contributed by atoms with van der Waals surface area (Å²) in [4.78, 5) is 25.6. The van der Waals surface area contributed by atoms with Crippen molar-refractivity contribution in [1.29, 1.82) is 0 Å². The van der Waals surface area contributed by atoms with Crippen molar-refractivity contribution in [3.8, 4) is 0 Å². The molecule has 0 aliphatic carbocycles. The van der Waals surface area contributed by atoms with Crippen LogP contribution in [0.2, 0.25) is 0 Å². The highest BCUT2D eigenvalue weighted by atomic mass is 16.5. The highest BCUT2D eigenvalue weighted by Crippen LogP contribution is 2.32. The summed E-state index contributed by atoms with van der Waals surface area (Å²) < 4.78 is 5.68. The number of hydrogen-bond donors (Lipinski definition) is 0. The van der Waals surface area contributed by atoms with Gasteiger partial charge in [-0.15, -0.1) is 0 Å². The monoisotopic (exact) mass is 313 g/mol. The van der Waals surface area contributed by atoms with E-state index in [0.717, 1.165) is 31.4 Å². The van der Waals surface area contributed by atoms with Gasteiger partial charge >= 0.3 is 0 Å². The first kappa shape index (κ1) is 15.9. The number of ether oxygens (including phenoxy) is 1. The van der Waals surface area contributed by atoms with Crippen molar-refractivity contribution in [1.82, 2.24) is 4.90 Å². The molecule has 1 aromatic rings. The van der Waals surface area contributed by atoms with Gasteiger partial charge in [-0.05, 0) is 31.2 Å². The van der Waals surface area contributed by atoms with Gasteiger partial charge in [0, 0.05) is 37.3 Å². The lowest BCUT2D eigenvalue weighted by molar-refractivity contribution is -0.130. The summed E-state index contributed by atoms with van der Waals surface area (Å²) in [7, 11) is 0. The Morgan fingerprint density at radius 1 is 1.09 bits per heavy atom. The van der Waals surface area contributed by atoms with E-state index in [2.05, 4.69) is 12.1 Å². The Labute approximate surface area is 137 Å². The van der Waals surface area contributed by atoms with Gasteiger partial charge in [0.05, 0.1) is 6.61 Å². The smallest absolute Gasteiger partial charge is 0.227 e. The summed E-state index contributed by atoms with van der Waals surface area (Å²) in [5, 5.41) is 0. The van der Waals surface area contributed by atoms with Crippen LogP contribution in [-0.2, 0) is 20.9 Å². The van der Waals surface area contributed by atoms with Crippen LogP contribution in [0.4, 0.5) is 0 Å². The third-order valence-corrected chi connectivity index (χ3v) is 4.49. The zero-order chi connectivity index (χ0) is 16.1. The lowest BCUT2D eigenvalue weighted by Crippen LogP contribution is -2.39. The fraction of sp³-hybridized carbons (Fsp3) is 0.474. The van der Waals surface area contributed by atoms with Gasteiger partial charge in [-0.1, -0.05) is 30.3 Å². The summed E-state index contributed by atoms with van der Waals surface area (Å²) in [6, 6.07) is 10.2. The number of unbranched alkanes of at least 4 members (excludes halogenated alkanes) is 1. The highest BCUT2D eigenvalue weighted by Gasteiger charge is 2.36. The maximum atomic E-state index is 12.0. The second-order valence-corrected chi connectivity index (χ2v) is 6.26. The third-order valence-electron chi connectivity index (χ3n) is 4.49. The van der Waals surface area contributed by atoms with Crippen LogP contribution in [-0.4, -0.2) is 29.2 Å². The zero-order valence-corrected chi connectivity index (χ0v) is 13.4. The Kier molecular flexibility index (Phi) is 5.23. The molecule has 1 fully saturated rings. The van der Waals surface area contributed by atoms with Gasteiger partial charge in [0.1, 0.15) is 0 Å². The Balaban J connectivity index is 1.38. The maximum absolute atomic E-state index is 12.0. The van der Waals surface area contributed by atoms with Gasteiger partial charge in [0.25, 0.3) is 0 Å². The second-order valence-electron chi connectivity index (χ2n) is 6.26. The SMILES string of the molecule is O=C1C=C2CCC(=O)N2[C@H](CCCCOCc2ccccc2)C1. The van der Waals surface area contributed by atoms with E-state index in [1.54, 1.807) is 6.08 Å². The predicted octanol–water partition coefficient (Wildman–Crippen LogP) is 3.22. The number of benzene rings is 1. The van der Waals surface area contributed by atoms with Crippen LogP contribution in [0.1, 0.15) is 44.1 Å². The molecule has 1 aromatic carbocycles. The number of carbonyl (C=O) groups is 2. The summed E-state index contributed by atoms with van der Waals surface area (Å²) >= 11 is 0. The first-order valence-corrected chi connectivity index (χ1v) is 8.41. The number of fused-ring (bicyclic) bond motifs is 1. The third kappa shape index (κ3) is 4.08. The molecule has 4 nitrogen and oxygen atoms in total. The average molecular weight is 313 g/mol. The van der Waals surface area contributed by atoms with Crippen LogP contribution >= 0.6 is 0 Å². The Hall–Kier alpha value is -1.94. The number of hydrogen-bond acceptors (Lipinski definition) is 3. The van der Waals surface area contributed by atoms with Crippen LogP contribution in [0, 0.1) is 0 Å². The largest absolute Gasteiger partial charge is 0.377 e. The van der Waals surface area contributed by atoms with Crippen LogP contribution in [0.25, 0.3) is 0 Å². The van der Waals surface area contributed by atoms with Crippen molar-refractivity contribution in [3.05, 3.63) is 47.7 Å². The molecule has 122 valence electrons. The summed E-state index contributed by atoms with van der Waals surface area (Å²) in [5.41, 5.74) is 2.11. The minimum Gasteiger partial charge on any atom is -0.377 e. The summed E-state index contributed by atoms with van der Waals surface area (Å²) in [6.07, 6.45) is 6.22. The number of carbonyl (C=O) groups excluding carboxylic acids is 2. The first-order valence-electron chi connectivity index (χ1n) is 8.41. The van der Waals surface area contributed by atoms with Gasteiger partial charge in [0.15, 0.2) is 5.78 Å². The molecule has 23 heavy (non-hydrogen) atoms. The van der Waals surface area contributed by atoms with E-state index >= 15 is 0 Å². The first-order chi connectivity index (χ1) is 11.2. The molecule has 3 rings (SSSR count). The molecule has 0 spiro atoms. The molecule has 0 bridgehead atoms. The average Bonchev–Trinajstić information content (AvgIpc) is 2.92. The number of nitrogens with zero attached hydrogens (tertiary/aromatic N) is 1. The molecule has 0 saturated carbocycles. The maximum Gasteiger partial charge on any atom is 0.227 e. The number of ketones is 1. The molecule has 1 saturated heterocycles. The van der Waals surface area contributed by atoms with Crippen LogP contribution in [0.15, 0.2) is 42.1 Å². The molecule has 1 amide bonds. The molecule has 2 heterocycles. The normalized spacial score (nSPS) is 20.6. The summed E-state index contributed by atoms with van der Waals surface area (Å²) in [6.45, 7) is 1.35. The highest BCUT2D eigenvalue weighted by molar-refractivity contribution is 5.95. The fourth-order valence-corrected chi connectivity index (χ4v) is 3.36. The molecule has 0 radical (unpaired) electrons. The number of allylic oxidation sites excluding steroid dienone is 2. The van der Waals surface area contributed by atoms with Gasteiger partial charge in [-0.25, -0.2) is 0 Å². The number of amides is 1. The van der Waals surface area contributed by atoms with E-state index in [4.69, 9.17) is 4.74 Å². The Bertz CT molecular complexity index is 594. The van der Waals surface area contributed by atoms with Crippen molar-refractivity contribution in [2.24, 2.45) is 0 Å². The van der Waals surface area contributed by atoms with Crippen LogP contribution in [0.3, 0.4) is 0 Å². The van der Waals surface area contributed by atoms with Gasteiger partial charge in [-0.2, -0.15) is 0 Å². The molecule has 0 aromatic heterocycles. The van der Waals surface area contributed by atoms with E-state index < -0.39 is 0 Å². The molecule has 0 N–H and O–H groups in total. The van der Waals surface area contributed by atoms with Crippen LogP contribution < -0.4 is 0 Å². The second kappa shape index (κ2) is 7.55. The molecular formula is C19H23NO3. The molecule has 4 heteroatoms. The molecule has 0 unspecified atom stereocenters. The van der Waals surface area contributed by atoms with Crippen molar-refractivity contribution in [2.45, 2.75) is 51.2 Å². The summed E-state index contributed by atoms with van der Waals surface area (Å²) in [5.74, 6) is 0.338. The van der Waals surface area contributed by atoms with Crippen molar-refractivity contribution < 1.29 is 14.3 Å². The van der Waals surface area contributed by atoms with Gasteiger partial charge in [0.2, 0.25) is 5.91 Å². The van der Waals surface area contributed by atoms with Crippen molar-refractivity contribution >= 4 is 11.7 Å².